The Kier molecular flexibility index (Phi) is 38.3. The summed E-state index contributed by atoms with van der Waals surface area (Å²) in [6.07, 6.45) is 42.0. The van der Waals surface area contributed by atoms with Gasteiger partial charge < -0.3 is 18.9 Å². The summed E-state index contributed by atoms with van der Waals surface area (Å²) in [5, 5.41) is 0. The van der Waals surface area contributed by atoms with Gasteiger partial charge in [-0.25, -0.2) is 0 Å². The molecule has 0 aliphatic carbocycles. The van der Waals surface area contributed by atoms with Gasteiger partial charge in [-0.15, -0.1) is 0 Å². The van der Waals surface area contributed by atoms with Crippen molar-refractivity contribution in [1.82, 2.24) is 0 Å². The first-order valence-corrected chi connectivity index (χ1v) is 21.8. The van der Waals surface area contributed by atoms with Crippen LogP contribution in [0.15, 0.2) is 24.3 Å². The summed E-state index contributed by atoms with van der Waals surface area (Å²) >= 11 is 0. The highest BCUT2D eigenvalue weighted by molar-refractivity contribution is 5.69. The van der Waals surface area contributed by atoms with E-state index in [1.165, 1.54) is 141 Å². The molecule has 3 unspecified atom stereocenters. The molecule has 0 saturated carbocycles. The van der Waals surface area contributed by atoms with Gasteiger partial charge in [0, 0.05) is 12.8 Å². The van der Waals surface area contributed by atoms with E-state index in [0.717, 1.165) is 25.7 Å². The highest BCUT2D eigenvalue weighted by atomic mass is 16.6. The molecule has 0 radical (unpaired) electrons. The molecule has 0 amide bonds. The van der Waals surface area contributed by atoms with E-state index in [9.17, 15) is 9.59 Å². The average molecular weight is 721 g/mol. The lowest BCUT2D eigenvalue weighted by molar-refractivity contribution is -0.154. The summed E-state index contributed by atoms with van der Waals surface area (Å²) in [5.41, 5.74) is 0. The Labute approximate surface area is 316 Å². The fourth-order valence-corrected chi connectivity index (χ4v) is 5.98. The van der Waals surface area contributed by atoms with Gasteiger partial charge in [0.25, 0.3) is 0 Å². The van der Waals surface area contributed by atoms with Crippen LogP contribution < -0.4 is 0 Å². The monoisotopic (exact) mass is 721 g/mol. The smallest absolute Gasteiger partial charge is 0.306 e. The standard InChI is InChI=1S/C45H84O6/c1-6-8-10-12-14-16-18-20-22-24-26-28-30-32-34-36-44(46)50-39-42(4)48-38-41(3)49-40-43(5)51-45(47)37-35-33-31-29-27-25-23-21-19-17-15-13-11-9-7-2/h20-23,41-43H,6-19,24-40H2,1-5H3. The Morgan fingerprint density at radius 3 is 1.18 bits per heavy atom. The number of carbonyl (C=O) groups is 2. The van der Waals surface area contributed by atoms with E-state index in [1.807, 2.05) is 20.8 Å². The molecule has 0 fully saturated rings. The molecule has 0 aromatic rings. The summed E-state index contributed by atoms with van der Waals surface area (Å²) < 4.78 is 22.6. The Hall–Kier alpha value is -1.66. The minimum atomic E-state index is -0.294. The molecule has 0 aromatic carbocycles. The highest BCUT2D eigenvalue weighted by Crippen LogP contribution is 2.13. The van der Waals surface area contributed by atoms with Gasteiger partial charge in [-0.1, -0.05) is 141 Å². The summed E-state index contributed by atoms with van der Waals surface area (Å²) in [7, 11) is 0. The van der Waals surface area contributed by atoms with Gasteiger partial charge in [-0.05, 0) is 85.0 Å². The molecule has 3 atom stereocenters. The zero-order chi connectivity index (χ0) is 37.5. The van der Waals surface area contributed by atoms with Gasteiger partial charge >= 0.3 is 11.9 Å². The van der Waals surface area contributed by atoms with Gasteiger partial charge in [0.15, 0.2) is 0 Å². The Morgan fingerprint density at radius 2 is 0.745 bits per heavy atom. The maximum absolute atomic E-state index is 12.2. The third kappa shape index (κ3) is 39.4. The number of ether oxygens (including phenoxy) is 4. The van der Waals surface area contributed by atoms with Crippen LogP contribution in [-0.4, -0.2) is 50.1 Å². The molecule has 51 heavy (non-hydrogen) atoms. The van der Waals surface area contributed by atoms with E-state index in [4.69, 9.17) is 18.9 Å². The molecule has 0 aliphatic rings. The third-order valence-electron chi connectivity index (χ3n) is 9.33. The topological polar surface area (TPSA) is 71.1 Å². The molecular formula is C45H84O6. The van der Waals surface area contributed by atoms with Crippen molar-refractivity contribution >= 4 is 11.9 Å². The largest absolute Gasteiger partial charge is 0.463 e. The van der Waals surface area contributed by atoms with E-state index in [2.05, 4.69) is 38.2 Å². The molecule has 0 spiro atoms. The second kappa shape index (κ2) is 39.5. The SMILES string of the molecule is CCCCCCCCC=CCCCCCCCC(=O)OCC(C)OCC(C)OCC(C)OC(=O)CCCCCCCC=CCCCCCCCC. The van der Waals surface area contributed by atoms with Crippen LogP contribution in [0, 0.1) is 0 Å². The van der Waals surface area contributed by atoms with Gasteiger partial charge in [-0.3, -0.25) is 9.59 Å². The van der Waals surface area contributed by atoms with Crippen LogP contribution in [0.4, 0.5) is 0 Å². The van der Waals surface area contributed by atoms with Crippen LogP contribution in [0.5, 0.6) is 0 Å². The fraction of sp³-hybridized carbons (Fsp3) is 0.867. The highest BCUT2D eigenvalue weighted by Gasteiger charge is 2.14. The van der Waals surface area contributed by atoms with Crippen LogP contribution in [0.25, 0.3) is 0 Å². The quantitative estimate of drug-likeness (QED) is 0.0358. The lowest BCUT2D eigenvalue weighted by atomic mass is 10.1. The summed E-state index contributed by atoms with van der Waals surface area (Å²) in [6, 6.07) is 0. The first-order chi connectivity index (χ1) is 24.9. The van der Waals surface area contributed by atoms with Gasteiger partial charge in [0.2, 0.25) is 0 Å². The first-order valence-electron chi connectivity index (χ1n) is 21.8. The van der Waals surface area contributed by atoms with Crippen LogP contribution >= 0.6 is 0 Å². The number of unbranched alkanes of at least 4 members (excludes halogenated alkanes) is 22. The second-order valence-corrected chi connectivity index (χ2v) is 14.9. The zero-order valence-electron chi connectivity index (χ0n) is 34.4. The molecule has 300 valence electrons. The molecule has 0 N–H and O–H groups in total. The van der Waals surface area contributed by atoms with Crippen molar-refractivity contribution in [3.8, 4) is 0 Å². The number of hydrogen-bond donors (Lipinski definition) is 0. The van der Waals surface area contributed by atoms with Crippen molar-refractivity contribution < 1.29 is 28.5 Å². The number of carbonyl (C=O) groups excluding carboxylic acids is 2. The molecule has 0 rings (SSSR count). The molecule has 0 aromatic heterocycles. The lowest BCUT2D eigenvalue weighted by Gasteiger charge is -2.20. The van der Waals surface area contributed by atoms with E-state index >= 15 is 0 Å². The second-order valence-electron chi connectivity index (χ2n) is 14.9. The normalized spacial score (nSPS) is 13.6. The Balaban J connectivity index is 3.61. The van der Waals surface area contributed by atoms with Crippen LogP contribution in [0.2, 0.25) is 0 Å². The van der Waals surface area contributed by atoms with Crippen molar-refractivity contribution in [3.05, 3.63) is 24.3 Å². The van der Waals surface area contributed by atoms with Crippen molar-refractivity contribution in [2.75, 3.05) is 19.8 Å². The fourth-order valence-electron chi connectivity index (χ4n) is 5.98. The van der Waals surface area contributed by atoms with Crippen LogP contribution in [-0.2, 0) is 28.5 Å². The average Bonchev–Trinajstić information content (AvgIpc) is 3.12. The number of esters is 2. The van der Waals surface area contributed by atoms with E-state index in [1.54, 1.807) is 0 Å². The first kappa shape index (κ1) is 49.3. The summed E-state index contributed by atoms with van der Waals surface area (Å²) in [5.74, 6) is -0.297. The zero-order valence-corrected chi connectivity index (χ0v) is 34.4. The third-order valence-corrected chi connectivity index (χ3v) is 9.33. The molecular weight excluding hydrogens is 636 g/mol. The predicted octanol–water partition coefficient (Wildman–Crippen LogP) is 13.3. The molecule has 0 saturated heterocycles. The van der Waals surface area contributed by atoms with Crippen molar-refractivity contribution in [1.29, 1.82) is 0 Å². The minimum Gasteiger partial charge on any atom is -0.463 e. The number of hydrogen-bond acceptors (Lipinski definition) is 6. The number of rotatable bonds is 39. The van der Waals surface area contributed by atoms with Gasteiger partial charge in [-0.2, -0.15) is 0 Å². The maximum Gasteiger partial charge on any atom is 0.306 e. The Morgan fingerprint density at radius 1 is 0.412 bits per heavy atom. The summed E-state index contributed by atoms with van der Waals surface area (Å²) in [4.78, 5) is 24.4. The Bertz CT molecular complexity index is 809. The molecule has 0 aliphatic heterocycles. The van der Waals surface area contributed by atoms with Crippen molar-refractivity contribution in [3.63, 3.8) is 0 Å². The van der Waals surface area contributed by atoms with E-state index in [-0.39, 0.29) is 36.9 Å². The van der Waals surface area contributed by atoms with Gasteiger partial charge in [0.1, 0.15) is 12.7 Å². The maximum atomic E-state index is 12.2. The molecule has 6 nitrogen and oxygen atoms in total. The van der Waals surface area contributed by atoms with E-state index in [0.29, 0.717) is 26.1 Å². The van der Waals surface area contributed by atoms with Crippen molar-refractivity contribution in [2.45, 2.75) is 233 Å². The van der Waals surface area contributed by atoms with Gasteiger partial charge in [0.05, 0.1) is 25.4 Å². The summed E-state index contributed by atoms with van der Waals surface area (Å²) in [6.45, 7) is 11.2. The van der Waals surface area contributed by atoms with Crippen LogP contribution in [0.3, 0.4) is 0 Å². The minimum absolute atomic E-state index is 0.148. The molecule has 0 heterocycles. The predicted molar refractivity (Wildman–Crippen MR) is 216 cm³/mol. The molecule has 6 heteroatoms. The van der Waals surface area contributed by atoms with Crippen LogP contribution in [0.1, 0.15) is 214 Å². The van der Waals surface area contributed by atoms with E-state index < -0.39 is 0 Å². The molecule has 0 bridgehead atoms. The van der Waals surface area contributed by atoms with Crippen molar-refractivity contribution in [2.24, 2.45) is 0 Å². The number of allylic oxidation sites excluding steroid dienone is 4. The lowest BCUT2D eigenvalue weighted by Crippen LogP contribution is -2.28.